The van der Waals surface area contributed by atoms with Gasteiger partial charge >= 0.3 is 0 Å². The summed E-state index contributed by atoms with van der Waals surface area (Å²) in [5.74, 6) is 0.829. The van der Waals surface area contributed by atoms with Crippen LogP contribution in [-0.2, 0) is 9.53 Å². The summed E-state index contributed by atoms with van der Waals surface area (Å²) in [6.45, 7) is 6.63. The van der Waals surface area contributed by atoms with Gasteiger partial charge in [0.25, 0.3) is 0 Å². The molecule has 74 valence electrons. The molecule has 0 fully saturated rings. The van der Waals surface area contributed by atoms with Gasteiger partial charge in [-0.15, -0.1) is 0 Å². The SMILES string of the molecule is CCOC1=CC(=O)N(C)C(C)(C)C1. The molecule has 3 nitrogen and oxygen atoms in total. The van der Waals surface area contributed by atoms with Crippen LogP contribution in [0, 0.1) is 0 Å². The maximum absolute atomic E-state index is 11.5. The lowest BCUT2D eigenvalue weighted by Crippen LogP contribution is -2.47. The highest BCUT2D eigenvalue weighted by atomic mass is 16.5. The molecule has 1 rings (SSSR count). The Labute approximate surface area is 79.4 Å². The first-order valence-electron chi connectivity index (χ1n) is 4.58. The molecule has 0 aromatic carbocycles. The van der Waals surface area contributed by atoms with Gasteiger partial charge in [-0.1, -0.05) is 0 Å². The van der Waals surface area contributed by atoms with Crippen molar-refractivity contribution in [3.8, 4) is 0 Å². The normalized spacial score (nSPS) is 21.4. The minimum atomic E-state index is -0.129. The van der Waals surface area contributed by atoms with Gasteiger partial charge in [-0.2, -0.15) is 0 Å². The Bertz CT molecular complexity index is 243. The smallest absolute Gasteiger partial charge is 0.250 e. The van der Waals surface area contributed by atoms with Crippen molar-refractivity contribution in [1.29, 1.82) is 0 Å². The van der Waals surface area contributed by atoms with Crippen molar-refractivity contribution in [2.24, 2.45) is 0 Å². The van der Waals surface area contributed by atoms with E-state index in [1.165, 1.54) is 0 Å². The topological polar surface area (TPSA) is 29.5 Å². The van der Waals surface area contributed by atoms with E-state index in [4.69, 9.17) is 4.74 Å². The molecule has 0 radical (unpaired) electrons. The third-order valence-electron chi connectivity index (χ3n) is 2.46. The number of amides is 1. The first-order valence-corrected chi connectivity index (χ1v) is 4.58. The predicted molar refractivity (Wildman–Crippen MR) is 51.2 cm³/mol. The lowest BCUT2D eigenvalue weighted by molar-refractivity contribution is -0.131. The second-order valence-corrected chi connectivity index (χ2v) is 3.93. The molecular formula is C10H17NO2. The number of carbonyl (C=O) groups excluding carboxylic acids is 1. The van der Waals surface area contributed by atoms with Crippen molar-refractivity contribution < 1.29 is 9.53 Å². The van der Waals surface area contributed by atoms with Crippen molar-refractivity contribution in [3.05, 3.63) is 11.8 Å². The molecule has 1 heterocycles. The molecule has 0 saturated heterocycles. The van der Waals surface area contributed by atoms with E-state index >= 15 is 0 Å². The highest BCUT2D eigenvalue weighted by Gasteiger charge is 2.32. The number of likely N-dealkylation sites (N-methyl/N-ethyl adjacent to an activating group) is 1. The Balaban J connectivity index is 2.82. The largest absolute Gasteiger partial charge is 0.498 e. The van der Waals surface area contributed by atoms with Gasteiger partial charge in [0.1, 0.15) is 5.76 Å². The van der Waals surface area contributed by atoms with Crippen molar-refractivity contribution in [2.75, 3.05) is 13.7 Å². The number of rotatable bonds is 2. The van der Waals surface area contributed by atoms with Gasteiger partial charge in [-0.05, 0) is 20.8 Å². The Morgan fingerprint density at radius 2 is 2.23 bits per heavy atom. The minimum Gasteiger partial charge on any atom is -0.498 e. The van der Waals surface area contributed by atoms with Gasteiger partial charge in [0.15, 0.2) is 0 Å². The van der Waals surface area contributed by atoms with E-state index < -0.39 is 0 Å². The van der Waals surface area contributed by atoms with Crippen LogP contribution in [0.15, 0.2) is 11.8 Å². The molecule has 3 heteroatoms. The van der Waals surface area contributed by atoms with E-state index in [-0.39, 0.29) is 11.4 Å². The fraction of sp³-hybridized carbons (Fsp3) is 0.700. The van der Waals surface area contributed by atoms with Crippen molar-refractivity contribution in [1.82, 2.24) is 4.90 Å². The monoisotopic (exact) mass is 183 g/mol. The van der Waals surface area contributed by atoms with Crippen LogP contribution in [0.25, 0.3) is 0 Å². The van der Waals surface area contributed by atoms with Gasteiger partial charge in [0, 0.05) is 25.1 Å². The van der Waals surface area contributed by atoms with E-state index in [9.17, 15) is 4.79 Å². The Morgan fingerprint density at radius 1 is 1.62 bits per heavy atom. The maximum Gasteiger partial charge on any atom is 0.250 e. The van der Waals surface area contributed by atoms with Crippen molar-refractivity contribution in [3.63, 3.8) is 0 Å². The molecule has 0 saturated carbocycles. The van der Waals surface area contributed by atoms with Gasteiger partial charge in [-0.25, -0.2) is 0 Å². The number of hydrogen-bond acceptors (Lipinski definition) is 2. The van der Waals surface area contributed by atoms with Crippen LogP contribution < -0.4 is 0 Å². The molecule has 0 spiro atoms. The van der Waals surface area contributed by atoms with E-state index in [1.54, 1.807) is 11.0 Å². The maximum atomic E-state index is 11.5. The van der Waals surface area contributed by atoms with E-state index in [0.717, 1.165) is 12.2 Å². The summed E-state index contributed by atoms with van der Waals surface area (Å²) in [4.78, 5) is 13.2. The summed E-state index contributed by atoms with van der Waals surface area (Å²) in [5.41, 5.74) is -0.129. The molecule has 0 atom stereocenters. The van der Waals surface area contributed by atoms with Gasteiger partial charge < -0.3 is 9.64 Å². The molecule has 0 unspecified atom stereocenters. The molecule has 0 aromatic heterocycles. The lowest BCUT2D eigenvalue weighted by Gasteiger charge is -2.38. The number of ether oxygens (including phenoxy) is 1. The summed E-state index contributed by atoms with van der Waals surface area (Å²) in [6, 6.07) is 0. The molecule has 1 amide bonds. The zero-order valence-electron chi connectivity index (χ0n) is 8.76. The molecule has 0 aliphatic carbocycles. The fourth-order valence-corrected chi connectivity index (χ4v) is 1.41. The molecule has 1 aliphatic rings. The van der Waals surface area contributed by atoms with Gasteiger partial charge in [0.05, 0.1) is 6.61 Å². The third kappa shape index (κ3) is 2.02. The van der Waals surface area contributed by atoms with Gasteiger partial charge in [0.2, 0.25) is 5.91 Å². The zero-order valence-corrected chi connectivity index (χ0v) is 8.76. The molecule has 0 N–H and O–H groups in total. The molecule has 0 bridgehead atoms. The molecule has 0 aromatic rings. The first-order chi connectivity index (χ1) is 5.97. The standard InChI is InChI=1S/C10H17NO2/c1-5-13-8-6-9(12)11(4)10(2,3)7-8/h6H,5,7H2,1-4H3. The summed E-state index contributed by atoms with van der Waals surface area (Å²) >= 11 is 0. The van der Waals surface area contributed by atoms with Crippen LogP contribution in [0.2, 0.25) is 0 Å². The number of hydrogen-bond donors (Lipinski definition) is 0. The van der Waals surface area contributed by atoms with Crippen LogP contribution in [-0.4, -0.2) is 30.0 Å². The third-order valence-corrected chi connectivity index (χ3v) is 2.46. The number of nitrogens with zero attached hydrogens (tertiary/aromatic N) is 1. The van der Waals surface area contributed by atoms with Crippen LogP contribution >= 0.6 is 0 Å². The summed E-state index contributed by atoms with van der Waals surface area (Å²) < 4.78 is 5.35. The quantitative estimate of drug-likeness (QED) is 0.650. The van der Waals surface area contributed by atoms with Crippen LogP contribution in [0.5, 0.6) is 0 Å². The van der Waals surface area contributed by atoms with Crippen LogP contribution in [0.1, 0.15) is 27.2 Å². The molecule has 13 heavy (non-hydrogen) atoms. The summed E-state index contributed by atoms with van der Waals surface area (Å²) in [7, 11) is 1.82. The van der Waals surface area contributed by atoms with E-state index in [2.05, 4.69) is 0 Å². The van der Waals surface area contributed by atoms with Crippen molar-refractivity contribution in [2.45, 2.75) is 32.7 Å². The highest BCUT2D eigenvalue weighted by molar-refractivity contribution is 5.89. The lowest BCUT2D eigenvalue weighted by atomic mass is 9.94. The van der Waals surface area contributed by atoms with E-state index in [1.807, 2.05) is 27.8 Å². The summed E-state index contributed by atoms with van der Waals surface area (Å²) in [5, 5.41) is 0. The molecular weight excluding hydrogens is 166 g/mol. The number of carbonyl (C=O) groups is 1. The average molecular weight is 183 g/mol. The fourth-order valence-electron chi connectivity index (χ4n) is 1.41. The second-order valence-electron chi connectivity index (χ2n) is 3.93. The average Bonchev–Trinajstić information content (AvgIpc) is 2.00. The Hall–Kier alpha value is -0.990. The van der Waals surface area contributed by atoms with Crippen molar-refractivity contribution >= 4 is 5.91 Å². The predicted octanol–water partition coefficient (Wildman–Crippen LogP) is 1.55. The van der Waals surface area contributed by atoms with Crippen LogP contribution in [0.3, 0.4) is 0 Å². The zero-order chi connectivity index (χ0) is 10.1. The van der Waals surface area contributed by atoms with Crippen LogP contribution in [0.4, 0.5) is 0 Å². The minimum absolute atomic E-state index is 0.0275. The van der Waals surface area contributed by atoms with Gasteiger partial charge in [-0.3, -0.25) is 4.79 Å². The second kappa shape index (κ2) is 3.40. The summed E-state index contributed by atoms with van der Waals surface area (Å²) in [6.07, 6.45) is 2.37. The van der Waals surface area contributed by atoms with E-state index in [0.29, 0.717) is 6.61 Å². The molecule has 1 aliphatic heterocycles. The highest BCUT2D eigenvalue weighted by Crippen LogP contribution is 2.27. The first kappa shape index (κ1) is 10.1. The Morgan fingerprint density at radius 3 is 2.69 bits per heavy atom. The Kier molecular flexibility index (Phi) is 2.64.